The number of benzene rings is 1. The summed E-state index contributed by atoms with van der Waals surface area (Å²) in [4.78, 5) is 21.3. The topological polar surface area (TPSA) is 101 Å². The number of carbonyl (C=O) groups is 1. The van der Waals surface area contributed by atoms with E-state index < -0.39 is 9.84 Å². The van der Waals surface area contributed by atoms with E-state index in [-0.39, 0.29) is 5.91 Å². The number of amides is 1. The van der Waals surface area contributed by atoms with Crippen molar-refractivity contribution in [3.05, 3.63) is 40.2 Å². The molecule has 0 saturated heterocycles. The summed E-state index contributed by atoms with van der Waals surface area (Å²) in [5.74, 6) is -0.169. The molecule has 4 rings (SSSR count). The summed E-state index contributed by atoms with van der Waals surface area (Å²) in [6, 6.07) is 5.19. The molecule has 138 valence electrons. The second kappa shape index (κ2) is 6.55. The van der Waals surface area contributed by atoms with Crippen LogP contribution < -0.4 is 10.6 Å². The Morgan fingerprint density at radius 2 is 2.00 bits per heavy atom. The molecule has 0 saturated carbocycles. The summed E-state index contributed by atoms with van der Waals surface area (Å²) in [5, 5.41) is 10.1. The fraction of sp³-hybridized carbons (Fsp3) is 0.118. The Morgan fingerprint density at radius 3 is 2.78 bits per heavy atom. The number of fused-ring (bicyclic) bond motifs is 1. The Hall–Kier alpha value is -2.56. The van der Waals surface area contributed by atoms with Crippen LogP contribution >= 0.6 is 22.7 Å². The van der Waals surface area contributed by atoms with Gasteiger partial charge in [0.15, 0.2) is 10.3 Å². The first-order valence-electron chi connectivity index (χ1n) is 7.87. The van der Waals surface area contributed by atoms with E-state index in [4.69, 9.17) is 0 Å². The first-order valence-corrected chi connectivity index (χ1v) is 11.1. The predicted molar refractivity (Wildman–Crippen MR) is 108 cm³/mol. The Morgan fingerprint density at radius 1 is 1.19 bits per heavy atom. The van der Waals surface area contributed by atoms with Gasteiger partial charge in [-0.2, -0.15) is 0 Å². The van der Waals surface area contributed by atoms with Crippen LogP contribution in [-0.2, 0) is 14.6 Å². The number of nitrogens with zero attached hydrogens (tertiary/aromatic N) is 2. The number of nitrogens with one attached hydrogen (secondary N) is 2. The molecule has 0 spiro atoms. The molecule has 1 aromatic carbocycles. The van der Waals surface area contributed by atoms with Crippen LogP contribution in [0.3, 0.4) is 0 Å². The van der Waals surface area contributed by atoms with Crippen molar-refractivity contribution in [3.8, 4) is 10.6 Å². The number of hydrogen-bond donors (Lipinski definition) is 2. The van der Waals surface area contributed by atoms with E-state index in [2.05, 4.69) is 20.6 Å². The monoisotopic (exact) mass is 418 g/mol. The number of hydrogen-bond acceptors (Lipinski definition) is 8. The van der Waals surface area contributed by atoms with Gasteiger partial charge in [0.05, 0.1) is 21.2 Å². The lowest BCUT2D eigenvalue weighted by molar-refractivity contribution is -0.114. The fourth-order valence-corrected chi connectivity index (χ4v) is 5.63. The zero-order valence-electron chi connectivity index (χ0n) is 14.3. The zero-order chi connectivity index (χ0) is 19.2. The number of thiazole rings is 2. The molecular weight excluding hydrogens is 404 g/mol. The van der Waals surface area contributed by atoms with Crippen LogP contribution in [0.4, 0.5) is 16.0 Å². The van der Waals surface area contributed by atoms with Crippen molar-refractivity contribution in [2.24, 2.45) is 0 Å². The predicted octanol–water partition coefficient (Wildman–Crippen LogP) is 4.04. The van der Waals surface area contributed by atoms with Crippen LogP contribution in [0.25, 0.3) is 16.6 Å². The average molecular weight is 419 g/mol. The maximum absolute atomic E-state index is 12.0. The van der Waals surface area contributed by atoms with Gasteiger partial charge < -0.3 is 10.6 Å². The lowest BCUT2D eigenvalue weighted by Gasteiger charge is -2.05. The Balaban J connectivity index is 1.58. The summed E-state index contributed by atoms with van der Waals surface area (Å²) in [7, 11) is -3.35. The number of carbonyl (C=O) groups excluding carboxylic acids is 1. The largest absolute Gasteiger partial charge is 0.331 e. The van der Waals surface area contributed by atoms with Gasteiger partial charge in [-0.1, -0.05) is 17.4 Å². The van der Waals surface area contributed by atoms with Crippen molar-refractivity contribution in [1.29, 1.82) is 0 Å². The summed E-state index contributed by atoms with van der Waals surface area (Å²) in [6.45, 7) is 3.30. The highest BCUT2D eigenvalue weighted by atomic mass is 32.2. The van der Waals surface area contributed by atoms with E-state index in [1.807, 2.05) is 18.4 Å². The molecule has 2 aromatic heterocycles. The number of sulfone groups is 1. The van der Waals surface area contributed by atoms with E-state index in [0.29, 0.717) is 26.4 Å². The van der Waals surface area contributed by atoms with Crippen LogP contribution in [0, 0.1) is 6.92 Å². The highest BCUT2D eigenvalue weighted by Crippen LogP contribution is 2.36. The van der Waals surface area contributed by atoms with Crippen molar-refractivity contribution in [3.63, 3.8) is 0 Å². The highest BCUT2D eigenvalue weighted by Gasteiger charge is 2.21. The second-order valence-electron chi connectivity index (χ2n) is 5.88. The van der Waals surface area contributed by atoms with Crippen LogP contribution in [0.15, 0.2) is 33.9 Å². The minimum Gasteiger partial charge on any atom is -0.331 e. The quantitative estimate of drug-likeness (QED) is 0.663. The molecule has 10 heteroatoms. The molecule has 0 atom stereocenters. The van der Waals surface area contributed by atoms with Gasteiger partial charge in [-0.3, -0.25) is 4.79 Å². The van der Waals surface area contributed by atoms with Crippen LogP contribution in [0.5, 0.6) is 0 Å². The molecule has 0 aliphatic carbocycles. The van der Waals surface area contributed by atoms with Crippen molar-refractivity contribution >= 4 is 60.4 Å². The molecule has 2 N–H and O–H groups in total. The van der Waals surface area contributed by atoms with Crippen LogP contribution in [0.2, 0.25) is 0 Å². The normalized spacial score (nSPS) is 14.1. The lowest BCUT2D eigenvalue weighted by Crippen LogP contribution is -2.04. The van der Waals surface area contributed by atoms with E-state index in [1.54, 1.807) is 18.2 Å². The zero-order valence-corrected chi connectivity index (χ0v) is 16.8. The summed E-state index contributed by atoms with van der Waals surface area (Å²) in [5.41, 5.74) is 2.88. The maximum atomic E-state index is 12.0. The van der Waals surface area contributed by atoms with E-state index in [9.17, 15) is 13.2 Å². The van der Waals surface area contributed by atoms with Crippen molar-refractivity contribution in [2.45, 2.75) is 18.7 Å². The number of anilines is 3. The van der Waals surface area contributed by atoms with Gasteiger partial charge in [0, 0.05) is 23.4 Å². The molecule has 0 fully saturated rings. The van der Waals surface area contributed by atoms with Crippen LogP contribution in [0.1, 0.15) is 18.2 Å². The molecule has 0 unspecified atom stereocenters. The Bertz CT molecular complexity index is 1190. The van der Waals surface area contributed by atoms with Gasteiger partial charge in [-0.25, -0.2) is 18.4 Å². The molecule has 1 aliphatic heterocycles. The van der Waals surface area contributed by atoms with Crippen molar-refractivity contribution in [1.82, 2.24) is 9.97 Å². The minimum atomic E-state index is -3.35. The summed E-state index contributed by atoms with van der Waals surface area (Å²) < 4.78 is 24.0. The van der Waals surface area contributed by atoms with Crippen molar-refractivity contribution in [2.75, 3.05) is 10.6 Å². The SMILES string of the molecule is CC(=O)Nc1nc(C)c(-c2csc(Nc3ccc4c(c3)S(=O)(=O)C=C4)n2)s1. The van der Waals surface area contributed by atoms with Gasteiger partial charge in [-0.15, -0.1) is 11.3 Å². The van der Waals surface area contributed by atoms with Gasteiger partial charge in [0.1, 0.15) is 0 Å². The first kappa shape index (κ1) is 17.8. The van der Waals surface area contributed by atoms with Crippen molar-refractivity contribution < 1.29 is 13.2 Å². The van der Waals surface area contributed by atoms with E-state index in [1.165, 1.54) is 35.0 Å². The minimum absolute atomic E-state index is 0.169. The molecule has 1 aliphatic rings. The third-order valence-electron chi connectivity index (χ3n) is 3.81. The lowest BCUT2D eigenvalue weighted by atomic mass is 10.2. The fourth-order valence-electron chi connectivity index (χ4n) is 2.63. The number of aromatic nitrogens is 2. The first-order chi connectivity index (χ1) is 12.8. The number of rotatable bonds is 4. The molecule has 3 heterocycles. The summed E-state index contributed by atoms with van der Waals surface area (Å²) in [6.07, 6.45) is 1.59. The van der Waals surface area contributed by atoms with E-state index in [0.717, 1.165) is 16.3 Å². The standard InChI is InChI=1S/C17H14N4O3S3/c1-9-15(26-17(18-9)19-10(2)22)13-8-25-16(21-13)20-12-4-3-11-5-6-27(23,24)14(11)7-12/h3-8H,1-2H3,(H,20,21)(H,18,19,22). The van der Waals surface area contributed by atoms with Crippen LogP contribution in [-0.4, -0.2) is 24.3 Å². The van der Waals surface area contributed by atoms with Gasteiger partial charge in [0.25, 0.3) is 0 Å². The Labute approximate surface area is 163 Å². The van der Waals surface area contributed by atoms with Gasteiger partial charge in [0.2, 0.25) is 15.7 Å². The third kappa shape index (κ3) is 3.51. The summed E-state index contributed by atoms with van der Waals surface area (Å²) >= 11 is 2.77. The van der Waals surface area contributed by atoms with Gasteiger partial charge >= 0.3 is 0 Å². The Kier molecular flexibility index (Phi) is 4.33. The molecule has 7 nitrogen and oxygen atoms in total. The highest BCUT2D eigenvalue weighted by molar-refractivity contribution is 7.94. The molecule has 1 amide bonds. The molecule has 0 bridgehead atoms. The molecular formula is C17H14N4O3S3. The van der Waals surface area contributed by atoms with E-state index >= 15 is 0 Å². The molecule has 3 aromatic rings. The molecule has 27 heavy (non-hydrogen) atoms. The second-order valence-corrected chi connectivity index (χ2v) is 9.54. The molecule has 0 radical (unpaired) electrons. The average Bonchev–Trinajstić information content (AvgIpc) is 3.26. The maximum Gasteiger partial charge on any atom is 0.223 e. The third-order valence-corrected chi connectivity index (χ3v) is 7.13. The van der Waals surface area contributed by atoms with Gasteiger partial charge in [-0.05, 0) is 30.7 Å². The number of aryl methyl sites for hydroxylation is 1. The smallest absolute Gasteiger partial charge is 0.223 e.